The highest BCUT2D eigenvalue weighted by molar-refractivity contribution is 5.90. The van der Waals surface area contributed by atoms with Crippen LogP contribution in [0.4, 0.5) is 4.39 Å². The molecule has 1 aromatic heterocycles. The average Bonchev–Trinajstić information content (AvgIpc) is 3.13. The third-order valence-corrected chi connectivity index (χ3v) is 4.19. The van der Waals surface area contributed by atoms with Crippen molar-refractivity contribution >= 4 is 5.91 Å². The van der Waals surface area contributed by atoms with Crippen LogP contribution in [-0.2, 0) is 6.54 Å². The second kappa shape index (κ2) is 9.18. The number of carbonyl (C=O) groups excluding carboxylic acids is 1. The molecule has 0 aliphatic heterocycles. The zero-order chi connectivity index (χ0) is 20.8. The van der Waals surface area contributed by atoms with Gasteiger partial charge in [0.15, 0.2) is 11.5 Å². The first-order valence-electron chi connectivity index (χ1n) is 9.29. The van der Waals surface area contributed by atoms with Crippen LogP contribution in [0, 0.1) is 12.7 Å². The van der Waals surface area contributed by atoms with Crippen LogP contribution in [0.25, 0.3) is 5.69 Å². The molecule has 0 spiro atoms. The van der Waals surface area contributed by atoms with Gasteiger partial charge in [-0.1, -0.05) is 13.0 Å². The van der Waals surface area contributed by atoms with Crippen LogP contribution in [0.1, 0.15) is 35.4 Å². The van der Waals surface area contributed by atoms with E-state index >= 15 is 0 Å². The summed E-state index contributed by atoms with van der Waals surface area (Å²) in [4.78, 5) is 16.7. The van der Waals surface area contributed by atoms with Gasteiger partial charge in [-0.2, -0.15) is 0 Å². The molecule has 7 nitrogen and oxygen atoms in total. The molecule has 0 aliphatic rings. The summed E-state index contributed by atoms with van der Waals surface area (Å²) in [6.07, 6.45) is 0.901. The summed E-state index contributed by atoms with van der Waals surface area (Å²) in [6.45, 7) is 4.65. The van der Waals surface area contributed by atoms with Gasteiger partial charge in [0.1, 0.15) is 11.6 Å². The van der Waals surface area contributed by atoms with Crippen LogP contribution in [0.15, 0.2) is 42.5 Å². The minimum Gasteiger partial charge on any atom is -0.493 e. The first kappa shape index (κ1) is 20.3. The van der Waals surface area contributed by atoms with Crippen molar-refractivity contribution in [1.82, 2.24) is 20.1 Å². The SMILES string of the molecule is CCCOc1ccc(CNC(=O)c2nc(C)n(-c3ccc(F)cc3)n2)cc1OC. The second-order valence-electron chi connectivity index (χ2n) is 6.39. The number of benzene rings is 2. The maximum atomic E-state index is 13.1. The molecule has 1 heterocycles. The maximum absolute atomic E-state index is 13.1. The van der Waals surface area contributed by atoms with Gasteiger partial charge in [0.25, 0.3) is 5.91 Å². The quantitative estimate of drug-likeness (QED) is 0.629. The third-order valence-electron chi connectivity index (χ3n) is 4.19. The molecule has 0 radical (unpaired) electrons. The van der Waals surface area contributed by atoms with Gasteiger partial charge in [0, 0.05) is 6.54 Å². The Hall–Kier alpha value is -3.42. The van der Waals surface area contributed by atoms with Crippen molar-refractivity contribution in [3.63, 3.8) is 0 Å². The number of aromatic nitrogens is 3. The van der Waals surface area contributed by atoms with Gasteiger partial charge in [-0.25, -0.2) is 14.1 Å². The number of rotatable bonds is 8. The molecule has 0 saturated carbocycles. The molecule has 29 heavy (non-hydrogen) atoms. The zero-order valence-electron chi connectivity index (χ0n) is 16.6. The van der Waals surface area contributed by atoms with Gasteiger partial charge in [-0.3, -0.25) is 4.79 Å². The monoisotopic (exact) mass is 398 g/mol. The molecule has 152 valence electrons. The number of carbonyl (C=O) groups is 1. The number of nitrogens with one attached hydrogen (secondary N) is 1. The molecule has 1 amide bonds. The van der Waals surface area contributed by atoms with Gasteiger partial charge in [-0.15, -0.1) is 5.10 Å². The van der Waals surface area contributed by atoms with Crippen LogP contribution < -0.4 is 14.8 Å². The summed E-state index contributed by atoms with van der Waals surface area (Å²) in [5.74, 6) is 1.10. The first-order chi connectivity index (χ1) is 14.0. The van der Waals surface area contributed by atoms with Gasteiger partial charge in [0.05, 0.1) is 19.4 Å². The Balaban J connectivity index is 1.68. The Bertz CT molecular complexity index is 986. The predicted molar refractivity (Wildman–Crippen MR) is 106 cm³/mol. The summed E-state index contributed by atoms with van der Waals surface area (Å²) in [5.41, 5.74) is 1.48. The van der Waals surface area contributed by atoms with Crippen molar-refractivity contribution in [2.75, 3.05) is 13.7 Å². The first-order valence-corrected chi connectivity index (χ1v) is 9.29. The molecule has 0 fully saturated rings. The molecule has 8 heteroatoms. The predicted octanol–water partition coefficient (Wildman–Crippen LogP) is 3.44. The highest BCUT2D eigenvalue weighted by atomic mass is 19.1. The standard InChI is InChI=1S/C21H23FN4O3/c1-4-11-29-18-10-5-15(12-19(18)28-3)13-23-21(27)20-24-14(2)26(25-20)17-8-6-16(22)7-9-17/h5-10,12H,4,11,13H2,1-3H3,(H,23,27). The summed E-state index contributed by atoms with van der Waals surface area (Å²) in [7, 11) is 1.57. The molecule has 2 aromatic carbocycles. The number of halogens is 1. The van der Waals surface area contributed by atoms with E-state index in [1.165, 1.54) is 16.8 Å². The number of methoxy groups -OCH3 is 1. The van der Waals surface area contributed by atoms with E-state index in [2.05, 4.69) is 15.4 Å². The fourth-order valence-electron chi connectivity index (χ4n) is 2.73. The lowest BCUT2D eigenvalue weighted by atomic mass is 10.2. The molecule has 0 unspecified atom stereocenters. The Morgan fingerprint density at radius 2 is 1.93 bits per heavy atom. The number of hydrogen-bond donors (Lipinski definition) is 1. The zero-order valence-corrected chi connectivity index (χ0v) is 16.6. The third kappa shape index (κ3) is 4.90. The van der Waals surface area contributed by atoms with E-state index in [4.69, 9.17) is 9.47 Å². The molecule has 0 saturated heterocycles. The molecule has 3 aromatic rings. The number of ether oxygens (including phenoxy) is 2. The summed E-state index contributed by atoms with van der Waals surface area (Å²) >= 11 is 0. The van der Waals surface area contributed by atoms with E-state index < -0.39 is 5.91 Å². The van der Waals surface area contributed by atoms with Crippen LogP contribution >= 0.6 is 0 Å². The van der Waals surface area contributed by atoms with Crippen molar-refractivity contribution < 1.29 is 18.7 Å². The maximum Gasteiger partial charge on any atom is 0.291 e. The highest BCUT2D eigenvalue weighted by Crippen LogP contribution is 2.28. The van der Waals surface area contributed by atoms with Gasteiger partial charge in [0.2, 0.25) is 5.82 Å². The summed E-state index contributed by atoms with van der Waals surface area (Å²) in [5, 5.41) is 7.03. The number of hydrogen-bond acceptors (Lipinski definition) is 5. The van der Waals surface area contributed by atoms with Crippen molar-refractivity contribution in [3.05, 3.63) is 65.5 Å². The minimum atomic E-state index is -0.403. The number of amides is 1. The van der Waals surface area contributed by atoms with Gasteiger partial charge in [-0.05, 0) is 55.3 Å². The molecule has 0 atom stereocenters. The fourth-order valence-corrected chi connectivity index (χ4v) is 2.73. The lowest BCUT2D eigenvalue weighted by molar-refractivity contribution is 0.0940. The second-order valence-corrected chi connectivity index (χ2v) is 6.39. The molecular weight excluding hydrogens is 375 g/mol. The van der Waals surface area contributed by atoms with Crippen LogP contribution in [-0.4, -0.2) is 34.4 Å². The van der Waals surface area contributed by atoms with E-state index in [0.29, 0.717) is 29.6 Å². The Morgan fingerprint density at radius 1 is 1.17 bits per heavy atom. The van der Waals surface area contributed by atoms with Crippen LogP contribution in [0.3, 0.4) is 0 Å². The van der Waals surface area contributed by atoms with Crippen molar-refractivity contribution in [2.45, 2.75) is 26.8 Å². The summed E-state index contributed by atoms with van der Waals surface area (Å²) in [6, 6.07) is 11.3. The van der Waals surface area contributed by atoms with Gasteiger partial charge >= 0.3 is 0 Å². The van der Waals surface area contributed by atoms with E-state index in [0.717, 1.165) is 12.0 Å². The lowest BCUT2D eigenvalue weighted by Gasteiger charge is -2.12. The smallest absolute Gasteiger partial charge is 0.291 e. The van der Waals surface area contributed by atoms with Crippen molar-refractivity contribution in [3.8, 4) is 17.2 Å². The van der Waals surface area contributed by atoms with Crippen molar-refractivity contribution in [1.29, 1.82) is 0 Å². The Labute approximate surface area is 168 Å². The normalized spacial score (nSPS) is 10.6. The molecule has 3 rings (SSSR count). The van der Waals surface area contributed by atoms with E-state index in [9.17, 15) is 9.18 Å². The summed E-state index contributed by atoms with van der Waals surface area (Å²) < 4.78 is 25.6. The lowest BCUT2D eigenvalue weighted by Crippen LogP contribution is -2.24. The largest absolute Gasteiger partial charge is 0.493 e. The Kier molecular flexibility index (Phi) is 6.43. The topological polar surface area (TPSA) is 78.3 Å². The van der Waals surface area contributed by atoms with E-state index in [1.807, 2.05) is 25.1 Å². The van der Waals surface area contributed by atoms with Crippen molar-refractivity contribution in [2.24, 2.45) is 0 Å². The molecule has 0 aliphatic carbocycles. The van der Waals surface area contributed by atoms with Gasteiger partial charge < -0.3 is 14.8 Å². The molecular formula is C21H23FN4O3. The average molecular weight is 398 g/mol. The van der Waals surface area contributed by atoms with Crippen LogP contribution in [0.2, 0.25) is 0 Å². The number of aryl methyl sites for hydroxylation is 1. The number of nitrogens with zero attached hydrogens (tertiary/aromatic N) is 3. The molecule has 1 N–H and O–H groups in total. The minimum absolute atomic E-state index is 0.0432. The fraction of sp³-hybridized carbons (Fsp3) is 0.286. The van der Waals surface area contributed by atoms with E-state index in [-0.39, 0.29) is 18.2 Å². The Morgan fingerprint density at radius 3 is 2.62 bits per heavy atom. The molecule has 0 bridgehead atoms. The highest BCUT2D eigenvalue weighted by Gasteiger charge is 2.15. The van der Waals surface area contributed by atoms with E-state index in [1.54, 1.807) is 26.2 Å². The van der Waals surface area contributed by atoms with Crippen LogP contribution in [0.5, 0.6) is 11.5 Å².